The summed E-state index contributed by atoms with van der Waals surface area (Å²) >= 11 is 0. The number of halogens is 5. The molecule has 3 N–H and O–H groups in total. The van der Waals surface area contributed by atoms with Crippen LogP contribution >= 0.6 is 0 Å². The molecule has 10 heteroatoms. The van der Waals surface area contributed by atoms with Gasteiger partial charge in [-0.05, 0) is 35.4 Å². The number of guanidine groups is 1. The molecular formula is C18H18F5N3O2. The minimum absolute atomic E-state index is 0.120. The summed E-state index contributed by atoms with van der Waals surface area (Å²) in [7, 11) is 0. The van der Waals surface area contributed by atoms with Gasteiger partial charge in [0.25, 0.3) is 6.43 Å². The monoisotopic (exact) mass is 403 g/mol. The van der Waals surface area contributed by atoms with E-state index >= 15 is 0 Å². The number of nitrogens with two attached hydrogens (primary N) is 1. The molecule has 0 fully saturated rings. The molecule has 0 unspecified atom stereocenters. The number of aliphatic imine (C=N–C) groups is 1. The molecule has 0 heterocycles. The lowest BCUT2D eigenvalue weighted by atomic mass is 10.2. The lowest BCUT2D eigenvalue weighted by Gasteiger charge is -2.10. The minimum Gasteiger partial charge on any atom is -0.488 e. The van der Waals surface area contributed by atoms with Gasteiger partial charge < -0.3 is 20.5 Å². The van der Waals surface area contributed by atoms with E-state index in [4.69, 9.17) is 10.5 Å². The van der Waals surface area contributed by atoms with E-state index in [1.807, 2.05) is 0 Å². The SMILES string of the molecule is NC(=NCc1cccc(OCC(F)F)c1)NCc1ccc(OC(F)(F)F)cc1. The summed E-state index contributed by atoms with van der Waals surface area (Å²) in [6.07, 6.45) is -7.30. The predicted molar refractivity (Wildman–Crippen MR) is 93.2 cm³/mol. The van der Waals surface area contributed by atoms with Crippen LogP contribution in [0.5, 0.6) is 11.5 Å². The molecule has 0 aliphatic carbocycles. The van der Waals surface area contributed by atoms with Crippen LogP contribution in [-0.4, -0.2) is 25.4 Å². The van der Waals surface area contributed by atoms with Crippen LogP contribution in [0.1, 0.15) is 11.1 Å². The third kappa shape index (κ3) is 8.11. The van der Waals surface area contributed by atoms with Crippen LogP contribution < -0.4 is 20.5 Å². The lowest BCUT2D eigenvalue weighted by molar-refractivity contribution is -0.274. The molecule has 0 radical (unpaired) electrons. The molecule has 0 atom stereocenters. The van der Waals surface area contributed by atoms with Crippen molar-refractivity contribution in [2.45, 2.75) is 25.9 Å². The van der Waals surface area contributed by atoms with Crippen molar-refractivity contribution in [1.29, 1.82) is 0 Å². The second kappa shape index (κ2) is 9.77. The second-order valence-corrected chi connectivity index (χ2v) is 5.60. The van der Waals surface area contributed by atoms with E-state index in [0.29, 0.717) is 16.9 Å². The first kappa shape index (κ1) is 21.3. The van der Waals surface area contributed by atoms with Gasteiger partial charge in [-0.25, -0.2) is 13.8 Å². The number of nitrogens with one attached hydrogen (secondary N) is 1. The maximum Gasteiger partial charge on any atom is 0.573 e. The summed E-state index contributed by atoms with van der Waals surface area (Å²) < 4.78 is 69.4. The zero-order chi connectivity index (χ0) is 20.6. The molecular weight excluding hydrogens is 385 g/mol. The topological polar surface area (TPSA) is 68.9 Å². The fourth-order valence-electron chi connectivity index (χ4n) is 2.13. The first-order chi connectivity index (χ1) is 13.2. The van der Waals surface area contributed by atoms with Gasteiger partial charge in [0, 0.05) is 6.54 Å². The van der Waals surface area contributed by atoms with Crippen LogP contribution in [0.2, 0.25) is 0 Å². The first-order valence-corrected chi connectivity index (χ1v) is 8.09. The highest BCUT2D eigenvalue weighted by Gasteiger charge is 2.30. The molecule has 28 heavy (non-hydrogen) atoms. The summed E-state index contributed by atoms with van der Waals surface area (Å²) in [5.74, 6) is 0.113. The molecule has 2 rings (SSSR count). The van der Waals surface area contributed by atoms with Gasteiger partial charge in [-0.2, -0.15) is 0 Å². The Morgan fingerprint density at radius 2 is 1.75 bits per heavy atom. The Hall–Kier alpha value is -3.04. The van der Waals surface area contributed by atoms with E-state index in [1.54, 1.807) is 24.3 Å². The van der Waals surface area contributed by atoms with E-state index in [2.05, 4.69) is 15.0 Å². The van der Waals surface area contributed by atoms with Crippen molar-refractivity contribution in [3.63, 3.8) is 0 Å². The van der Waals surface area contributed by atoms with E-state index in [9.17, 15) is 22.0 Å². The van der Waals surface area contributed by atoms with Crippen molar-refractivity contribution in [3.8, 4) is 11.5 Å². The molecule has 0 spiro atoms. The van der Waals surface area contributed by atoms with Crippen molar-refractivity contribution in [1.82, 2.24) is 5.32 Å². The summed E-state index contributed by atoms with van der Waals surface area (Å²) in [6, 6.07) is 11.9. The van der Waals surface area contributed by atoms with E-state index in [1.165, 1.54) is 24.3 Å². The number of nitrogens with zero attached hydrogens (tertiary/aromatic N) is 1. The van der Waals surface area contributed by atoms with Gasteiger partial charge in [0.05, 0.1) is 6.54 Å². The van der Waals surface area contributed by atoms with Gasteiger partial charge in [-0.3, -0.25) is 0 Å². The van der Waals surface area contributed by atoms with E-state index in [-0.39, 0.29) is 24.8 Å². The molecule has 0 saturated carbocycles. The third-order valence-corrected chi connectivity index (χ3v) is 3.34. The van der Waals surface area contributed by atoms with Crippen LogP contribution in [0.25, 0.3) is 0 Å². The average Bonchev–Trinajstić information content (AvgIpc) is 2.63. The van der Waals surface area contributed by atoms with Crippen LogP contribution in [0.15, 0.2) is 53.5 Å². The minimum atomic E-state index is -4.74. The highest BCUT2D eigenvalue weighted by atomic mass is 19.4. The van der Waals surface area contributed by atoms with Crippen LogP contribution in [0.3, 0.4) is 0 Å². The second-order valence-electron chi connectivity index (χ2n) is 5.60. The Labute approximate surface area is 158 Å². The predicted octanol–water partition coefficient (Wildman–Crippen LogP) is 3.83. The molecule has 0 aliphatic heterocycles. The Morgan fingerprint density at radius 3 is 2.39 bits per heavy atom. The first-order valence-electron chi connectivity index (χ1n) is 8.09. The van der Waals surface area contributed by atoms with Crippen molar-refractivity contribution >= 4 is 5.96 Å². The Morgan fingerprint density at radius 1 is 1.04 bits per heavy atom. The third-order valence-electron chi connectivity index (χ3n) is 3.34. The highest BCUT2D eigenvalue weighted by Crippen LogP contribution is 2.22. The summed E-state index contributed by atoms with van der Waals surface area (Å²) in [5.41, 5.74) is 7.14. The molecule has 2 aromatic rings. The van der Waals surface area contributed by atoms with Crippen LogP contribution in [-0.2, 0) is 13.1 Å². The highest BCUT2D eigenvalue weighted by molar-refractivity contribution is 5.77. The van der Waals surface area contributed by atoms with Crippen molar-refractivity contribution < 1.29 is 31.4 Å². The van der Waals surface area contributed by atoms with E-state index < -0.39 is 19.4 Å². The average molecular weight is 403 g/mol. The van der Waals surface area contributed by atoms with E-state index in [0.717, 1.165) is 0 Å². The van der Waals surface area contributed by atoms with Gasteiger partial charge in [0.15, 0.2) is 5.96 Å². The van der Waals surface area contributed by atoms with Crippen molar-refractivity contribution in [2.75, 3.05) is 6.61 Å². The fraction of sp³-hybridized carbons (Fsp3) is 0.278. The number of hydrogen-bond donors (Lipinski definition) is 2. The standard InChI is InChI=1S/C18H18F5N3O2/c19-16(20)11-27-15-3-1-2-13(8-15)10-26-17(24)25-9-12-4-6-14(7-5-12)28-18(21,22)23/h1-8,16H,9-11H2,(H3,24,25,26). The smallest absolute Gasteiger partial charge is 0.488 e. The molecule has 0 saturated heterocycles. The maximum atomic E-state index is 12.2. The molecule has 5 nitrogen and oxygen atoms in total. The van der Waals surface area contributed by atoms with Gasteiger partial charge in [0.1, 0.15) is 18.1 Å². The van der Waals surface area contributed by atoms with Gasteiger partial charge >= 0.3 is 6.36 Å². The quantitative estimate of drug-likeness (QED) is 0.399. The van der Waals surface area contributed by atoms with Gasteiger partial charge in [-0.15, -0.1) is 13.2 Å². The fourth-order valence-corrected chi connectivity index (χ4v) is 2.13. The number of hydrogen-bond acceptors (Lipinski definition) is 3. The van der Waals surface area contributed by atoms with Crippen LogP contribution in [0, 0.1) is 0 Å². The lowest BCUT2D eigenvalue weighted by Crippen LogP contribution is -2.31. The Kier molecular flexibility index (Phi) is 7.42. The molecule has 0 bridgehead atoms. The Bertz CT molecular complexity index is 780. The maximum absolute atomic E-state index is 12.2. The number of ether oxygens (including phenoxy) is 2. The Balaban J connectivity index is 1.83. The summed E-state index contributed by atoms with van der Waals surface area (Å²) in [5, 5.41) is 2.83. The normalized spacial score (nSPS) is 12.1. The van der Waals surface area contributed by atoms with Gasteiger partial charge in [-0.1, -0.05) is 24.3 Å². The summed E-state index contributed by atoms with van der Waals surface area (Å²) in [4.78, 5) is 4.12. The zero-order valence-electron chi connectivity index (χ0n) is 14.5. The molecule has 0 amide bonds. The van der Waals surface area contributed by atoms with Crippen molar-refractivity contribution in [2.24, 2.45) is 10.7 Å². The molecule has 152 valence electrons. The summed E-state index contributed by atoms with van der Waals surface area (Å²) in [6.45, 7) is -0.245. The molecule has 0 aliphatic rings. The van der Waals surface area contributed by atoms with Crippen LogP contribution in [0.4, 0.5) is 22.0 Å². The zero-order valence-corrected chi connectivity index (χ0v) is 14.5. The largest absolute Gasteiger partial charge is 0.573 e. The number of rotatable bonds is 8. The number of alkyl halides is 5. The van der Waals surface area contributed by atoms with Gasteiger partial charge in [0.2, 0.25) is 0 Å². The van der Waals surface area contributed by atoms with Crippen molar-refractivity contribution in [3.05, 3.63) is 59.7 Å². The molecule has 2 aromatic carbocycles. The molecule has 0 aromatic heterocycles. The number of benzene rings is 2.